The number of aromatic nitrogens is 2. The molecule has 8 heteroatoms. The second-order valence-electron chi connectivity index (χ2n) is 4.74. The maximum atomic E-state index is 11.8. The van der Waals surface area contributed by atoms with Crippen molar-refractivity contribution in [3.05, 3.63) is 24.3 Å². The second kappa shape index (κ2) is 5.62. The molecule has 104 valence electrons. The molecule has 1 unspecified atom stereocenters. The molecular formula is C11H16N4O3S. The zero-order valence-corrected chi connectivity index (χ0v) is 11.2. The van der Waals surface area contributed by atoms with Gasteiger partial charge in [0.2, 0.25) is 15.9 Å². The summed E-state index contributed by atoms with van der Waals surface area (Å²) in [5.74, 6) is -0.357. The Balaban J connectivity index is 1.87. The molecule has 1 aliphatic rings. The topological polar surface area (TPSA) is 106 Å². The van der Waals surface area contributed by atoms with Crippen LogP contribution in [0.4, 0.5) is 0 Å². The first-order valence-corrected chi connectivity index (χ1v) is 7.68. The lowest BCUT2D eigenvalue weighted by atomic mass is 10.1. The van der Waals surface area contributed by atoms with Crippen LogP contribution in [0.3, 0.4) is 0 Å². The van der Waals surface area contributed by atoms with Crippen LogP contribution < -0.4 is 5.14 Å². The van der Waals surface area contributed by atoms with E-state index < -0.39 is 10.0 Å². The first-order valence-electron chi connectivity index (χ1n) is 5.96. The highest BCUT2D eigenvalue weighted by Gasteiger charge is 2.31. The lowest BCUT2D eigenvalue weighted by Crippen LogP contribution is -2.29. The van der Waals surface area contributed by atoms with Gasteiger partial charge in [-0.1, -0.05) is 0 Å². The van der Waals surface area contributed by atoms with Gasteiger partial charge in [-0.25, -0.2) is 23.5 Å². The van der Waals surface area contributed by atoms with Crippen molar-refractivity contribution in [2.75, 3.05) is 18.8 Å². The number of carbonyl (C=O) groups is 1. The van der Waals surface area contributed by atoms with E-state index in [-0.39, 0.29) is 24.0 Å². The summed E-state index contributed by atoms with van der Waals surface area (Å²) in [6.45, 7) is 0.996. The number of sulfonamides is 1. The third-order valence-electron chi connectivity index (χ3n) is 3.05. The summed E-state index contributed by atoms with van der Waals surface area (Å²) in [6, 6.07) is 0. The summed E-state index contributed by atoms with van der Waals surface area (Å²) in [4.78, 5) is 21.2. The zero-order chi connectivity index (χ0) is 13.9. The van der Waals surface area contributed by atoms with Crippen molar-refractivity contribution in [3.63, 3.8) is 0 Å². The Bertz CT molecular complexity index is 546. The van der Waals surface area contributed by atoms with Crippen LogP contribution in [0.1, 0.15) is 12.0 Å². The van der Waals surface area contributed by atoms with Gasteiger partial charge in [0.1, 0.15) is 6.33 Å². The predicted molar refractivity (Wildman–Crippen MR) is 68.4 cm³/mol. The van der Waals surface area contributed by atoms with Crippen LogP contribution in [0.15, 0.2) is 18.7 Å². The predicted octanol–water partition coefficient (Wildman–Crippen LogP) is -0.844. The van der Waals surface area contributed by atoms with Crippen molar-refractivity contribution in [2.45, 2.75) is 12.8 Å². The van der Waals surface area contributed by atoms with Gasteiger partial charge in [0, 0.05) is 37.8 Å². The van der Waals surface area contributed by atoms with Crippen molar-refractivity contribution < 1.29 is 13.2 Å². The number of likely N-dealkylation sites (tertiary alicyclic amines) is 1. The van der Waals surface area contributed by atoms with E-state index in [2.05, 4.69) is 9.97 Å². The largest absolute Gasteiger partial charge is 0.342 e. The molecule has 1 fully saturated rings. The fourth-order valence-electron chi connectivity index (χ4n) is 2.23. The quantitative estimate of drug-likeness (QED) is 0.758. The van der Waals surface area contributed by atoms with Gasteiger partial charge in [-0.15, -0.1) is 0 Å². The van der Waals surface area contributed by atoms with Gasteiger partial charge in [0.15, 0.2) is 0 Å². The minimum Gasteiger partial charge on any atom is -0.342 e. The highest BCUT2D eigenvalue weighted by Crippen LogP contribution is 2.19. The molecule has 1 saturated heterocycles. The summed E-state index contributed by atoms with van der Waals surface area (Å²) >= 11 is 0. The molecule has 2 N–H and O–H groups in total. The van der Waals surface area contributed by atoms with E-state index in [0.29, 0.717) is 19.5 Å². The average molecular weight is 284 g/mol. The van der Waals surface area contributed by atoms with Crippen LogP contribution in [0.25, 0.3) is 0 Å². The zero-order valence-electron chi connectivity index (χ0n) is 10.4. The lowest BCUT2D eigenvalue weighted by Gasteiger charge is -2.16. The number of primary sulfonamides is 1. The van der Waals surface area contributed by atoms with Crippen molar-refractivity contribution in [2.24, 2.45) is 11.1 Å². The Morgan fingerprint density at radius 2 is 2.05 bits per heavy atom. The van der Waals surface area contributed by atoms with Crippen LogP contribution in [-0.2, 0) is 21.2 Å². The molecule has 19 heavy (non-hydrogen) atoms. The molecule has 0 radical (unpaired) electrons. The fraction of sp³-hybridized carbons (Fsp3) is 0.545. The lowest BCUT2D eigenvalue weighted by molar-refractivity contribution is -0.127. The monoisotopic (exact) mass is 284 g/mol. The van der Waals surface area contributed by atoms with Crippen LogP contribution >= 0.6 is 0 Å². The molecule has 0 bridgehead atoms. The molecular weight excluding hydrogens is 268 g/mol. The Morgan fingerprint density at radius 3 is 2.68 bits per heavy atom. The van der Waals surface area contributed by atoms with Crippen LogP contribution in [-0.4, -0.2) is 48.0 Å². The molecule has 1 aromatic heterocycles. The SMILES string of the molecule is NS(=O)(=O)CC1CC(=O)N(CCc2cncnc2)C1. The number of hydrogen-bond donors (Lipinski definition) is 1. The highest BCUT2D eigenvalue weighted by atomic mass is 32.2. The molecule has 7 nitrogen and oxygen atoms in total. The molecule has 0 aromatic carbocycles. The first kappa shape index (κ1) is 13.9. The highest BCUT2D eigenvalue weighted by molar-refractivity contribution is 7.89. The average Bonchev–Trinajstić information content (AvgIpc) is 2.66. The Labute approximate surface area is 111 Å². The molecule has 1 atom stereocenters. The molecule has 0 aliphatic carbocycles. The molecule has 0 spiro atoms. The summed E-state index contributed by atoms with van der Waals surface area (Å²) in [5, 5.41) is 5.00. The number of rotatable bonds is 5. The second-order valence-corrected chi connectivity index (χ2v) is 6.40. The maximum Gasteiger partial charge on any atom is 0.222 e. The van der Waals surface area contributed by atoms with E-state index in [1.54, 1.807) is 17.3 Å². The Hall–Kier alpha value is -1.54. The van der Waals surface area contributed by atoms with Crippen LogP contribution in [0.5, 0.6) is 0 Å². The first-order chi connectivity index (χ1) is 8.94. The normalized spacial score (nSPS) is 19.9. The van der Waals surface area contributed by atoms with Gasteiger partial charge in [-0.2, -0.15) is 0 Å². The van der Waals surface area contributed by atoms with Crippen molar-refractivity contribution in [1.82, 2.24) is 14.9 Å². The number of nitrogens with zero attached hydrogens (tertiary/aromatic N) is 3. The molecule has 0 saturated carbocycles. The molecule has 2 rings (SSSR count). The Kier molecular flexibility index (Phi) is 4.11. The van der Waals surface area contributed by atoms with Gasteiger partial charge in [-0.05, 0) is 12.0 Å². The van der Waals surface area contributed by atoms with Crippen molar-refractivity contribution in [1.29, 1.82) is 0 Å². The van der Waals surface area contributed by atoms with E-state index in [0.717, 1.165) is 5.56 Å². The van der Waals surface area contributed by atoms with Crippen LogP contribution in [0, 0.1) is 5.92 Å². The standard InChI is InChI=1S/C11H16N4O3S/c12-19(17,18)7-10-3-11(16)15(6-10)2-1-9-4-13-8-14-5-9/h4-5,8,10H,1-3,6-7H2,(H2,12,17,18). The minimum atomic E-state index is -3.52. The number of amides is 1. The van der Waals surface area contributed by atoms with Crippen LogP contribution in [0.2, 0.25) is 0 Å². The third kappa shape index (κ3) is 4.25. The van der Waals surface area contributed by atoms with Gasteiger partial charge in [0.05, 0.1) is 5.75 Å². The van der Waals surface area contributed by atoms with Gasteiger partial charge < -0.3 is 4.90 Å². The van der Waals surface area contributed by atoms with Gasteiger partial charge in [-0.3, -0.25) is 4.79 Å². The van der Waals surface area contributed by atoms with Crippen molar-refractivity contribution in [3.8, 4) is 0 Å². The number of hydrogen-bond acceptors (Lipinski definition) is 5. The van der Waals surface area contributed by atoms with Crippen molar-refractivity contribution >= 4 is 15.9 Å². The Morgan fingerprint density at radius 1 is 1.37 bits per heavy atom. The minimum absolute atomic E-state index is 0.0227. The summed E-state index contributed by atoms with van der Waals surface area (Å²) in [5.41, 5.74) is 0.949. The molecule has 1 aliphatic heterocycles. The maximum absolute atomic E-state index is 11.8. The fourth-order valence-corrected chi connectivity index (χ4v) is 3.11. The molecule has 1 aromatic rings. The molecule has 2 heterocycles. The van der Waals surface area contributed by atoms with E-state index in [9.17, 15) is 13.2 Å². The molecule has 1 amide bonds. The van der Waals surface area contributed by atoms with Gasteiger partial charge >= 0.3 is 0 Å². The smallest absolute Gasteiger partial charge is 0.222 e. The van der Waals surface area contributed by atoms with Gasteiger partial charge in [0.25, 0.3) is 0 Å². The number of nitrogens with two attached hydrogens (primary N) is 1. The number of carbonyl (C=O) groups excluding carboxylic acids is 1. The summed E-state index contributed by atoms with van der Waals surface area (Å²) in [6.07, 6.45) is 5.77. The van der Waals surface area contributed by atoms with E-state index in [4.69, 9.17) is 5.14 Å². The van der Waals surface area contributed by atoms with E-state index in [1.165, 1.54) is 6.33 Å². The van der Waals surface area contributed by atoms with E-state index in [1.807, 2.05) is 0 Å². The summed E-state index contributed by atoms with van der Waals surface area (Å²) < 4.78 is 22.0. The third-order valence-corrected chi connectivity index (χ3v) is 3.98. The summed E-state index contributed by atoms with van der Waals surface area (Å²) in [7, 11) is -3.52. The van der Waals surface area contributed by atoms with E-state index >= 15 is 0 Å².